The molecule has 132 valence electrons. The Bertz CT molecular complexity index is 896. The van der Waals surface area contributed by atoms with Crippen LogP contribution in [-0.4, -0.2) is 30.5 Å². The number of nitrogens with zero attached hydrogens (tertiary/aromatic N) is 2. The molecular weight excluding hydrogens is 324 g/mol. The van der Waals surface area contributed by atoms with Gasteiger partial charge in [0.15, 0.2) is 0 Å². The fourth-order valence-electron chi connectivity index (χ4n) is 3.36. The third-order valence-electron chi connectivity index (χ3n) is 4.69. The van der Waals surface area contributed by atoms with Crippen molar-refractivity contribution in [1.29, 1.82) is 0 Å². The molecule has 1 amide bonds. The first-order valence-corrected chi connectivity index (χ1v) is 9.02. The van der Waals surface area contributed by atoms with Gasteiger partial charge in [0, 0.05) is 36.0 Å². The molecule has 0 unspecified atom stereocenters. The first-order valence-electron chi connectivity index (χ1n) is 9.02. The van der Waals surface area contributed by atoms with Crippen LogP contribution < -0.4 is 15.5 Å². The number of para-hydroxylation sites is 1. The Morgan fingerprint density at radius 2 is 1.77 bits per heavy atom. The molecule has 2 aromatic carbocycles. The lowest BCUT2D eigenvalue weighted by atomic mass is 10.2. The van der Waals surface area contributed by atoms with Crippen molar-refractivity contribution < 1.29 is 4.79 Å². The third kappa shape index (κ3) is 3.61. The molecule has 0 bridgehead atoms. The maximum Gasteiger partial charge on any atom is 0.243 e. The lowest BCUT2D eigenvalue weighted by Crippen LogP contribution is -2.22. The van der Waals surface area contributed by atoms with E-state index >= 15 is 0 Å². The van der Waals surface area contributed by atoms with Crippen molar-refractivity contribution in [3.63, 3.8) is 0 Å². The van der Waals surface area contributed by atoms with E-state index in [-0.39, 0.29) is 12.5 Å². The van der Waals surface area contributed by atoms with Gasteiger partial charge in [-0.3, -0.25) is 9.78 Å². The minimum atomic E-state index is -0.0770. The highest BCUT2D eigenvalue weighted by molar-refractivity contribution is 5.96. The van der Waals surface area contributed by atoms with Crippen LogP contribution in [-0.2, 0) is 4.79 Å². The van der Waals surface area contributed by atoms with E-state index in [0.29, 0.717) is 0 Å². The second-order valence-electron chi connectivity index (χ2n) is 6.52. The normalized spacial score (nSPS) is 13.8. The van der Waals surface area contributed by atoms with Crippen LogP contribution in [0.25, 0.3) is 10.9 Å². The summed E-state index contributed by atoms with van der Waals surface area (Å²) in [6.07, 6.45) is 4.27. The second-order valence-corrected chi connectivity index (χ2v) is 6.52. The van der Waals surface area contributed by atoms with Crippen molar-refractivity contribution in [3.8, 4) is 0 Å². The Balaban J connectivity index is 1.36. The SMILES string of the molecule is O=C(CNc1cccc2cccnc12)Nc1ccc(N2CCCC2)cc1. The van der Waals surface area contributed by atoms with Gasteiger partial charge in [-0.2, -0.15) is 0 Å². The summed E-state index contributed by atoms with van der Waals surface area (Å²) in [5, 5.41) is 7.17. The van der Waals surface area contributed by atoms with Gasteiger partial charge < -0.3 is 15.5 Å². The number of fused-ring (bicyclic) bond motifs is 1. The molecule has 3 aromatic rings. The standard InChI is InChI=1S/C21H22N4O/c26-20(15-23-19-7-3-5-16-6-4-12-22-21(16)19)24-17-8-10-18(11-9-17)25-13-1-2-14-25/h3-12,23H,1-2,13-15H2,(H,24,26). The van der Waals surface area contributed by atoms with Gasteiger partial charge >= 0.3 is 0 Å². The first kappa shape index (κ1) is 16.4. The monoisotopic (exact) mass is 346 g/mol. The number of carbonyl (C=O) groups is 1. The molecule has 1 fully saturated rings. The second kappa shape index (κ2) is 7.44. The number of pyridine rings is 1. The topological polar surface area (TPSA) is 57.3 Å². The predicted octanol–water partition coefficient (Wildman–Crippen LogP) is 3.89. The van der Waals surface area contributed by atoms with Gasteiger partial charge in [-0.15, -0.1) is 0 Å². The number of hydrogen-bond donors (Lipinski definition) is 2. The quantitative estimate of drug-likeness (QED) is 0.736. The van der Waals surface area contributed by atoms with Gasteiger partial charge in [0.1, 0.15) is 0 Å². The summed E-state index contributed by atoms with van der Waals surface area (Å²) >= 11 is 0. The van der Waals surface area contributed by atoms with Gasteiger partial charge in [-0.1, -0.05) is 18.2 Å². The van der Waals surface area contributed by atoms with Crippen molar-refractivity contribution in [1.82, 2.24) is 4.98 Å². The Hall–Kier alpha value is -3.08. The molecule has 2 N–H and O–H groups in total. The Kier molecular flexibility index (Phi) is 4.69. The van der Waals surface area contributed by atoms with E-state index in [2.05, 4.69) is 32.7 Å². The third-order valence-corrected chi connectivity index (χ3v) is 4.69. The van der Waals surface area contributed by atoms with Crippen LogP contribution >= 0.6 is 0 Å². The highest BCUT2D eigenvalue weighted by Gasteiger charge is 2.12. The molecule has 0 spiro atoms. The number of amides is 1. The Morgan fingerprint density at radius 1 is 1.00 bits per heavy atom. The molecule has 0 radical (unpaired) electrons. The molecule has 1 saturated heterocycles. The van der Waals surface area contributed by atoms with Gasteiger partial charge in [0.05, 0.1) is 17.7 Å². The molecule has 2 heterocycles. The van der Waals surface area contributed by atoms with Gasteiger partial charge in [-0.05, 0) is 49.2 Å². The fourth-order valence-corrected chi connectivity index (χ4v) is 3.36. The zero-order chi connectivity index (χ0) is 17.8. The van der Waals surface area contributed by atoms with Crippen LogP contribution in [0.2, 0.25) is 0 Å². The zero-order valence-corrected chi connectivity index (χ0v) is 14.6. The molecule has 1 aromatic heterocycles. The highest BCUT2D eigenvalue weighted by Crippen LogP contribution is 2.22. The van der Waals surface area contributed by atoms with Crippen LogP contribution in [0, 0.1) is 0 Å². The minimum absolute atomic E-state index is 0.0770. The molecule has 0 aliphatic carbocycles. The summed E-state index contributed by atoms with van der Waals surface area (Å²) < 4.78 is 0. The average molecular weight is 346 g/mol. The predicted molar refractivity (Wildman–Crippen MR) is 107 cm³/mol. The average Bonchev–Trinajstić information content (AvgIpc) is 3.22. The number of anilines is 3. The summed E-state index contributed by atoms with van der Waals surface area (Å²) in [7, 11) is 0. The van der Waals surface area contributed by atoms with E-state index in [1.54, 1.807) is 6.20 Å². The Labute approximate surface area is 153 Å². The van der Waals surface area contributed by atoms with Gasteiger partial charge in [-0.25, -0.2) is 0 Å². The molecule has 5 nitrogen and oxygen atoms in total. The molecule has 5 heteroatoms. The van der Waals surface area contributed by atoms with Crippen molar-refractivity contribution >= 4 is 33.9 Å². The number of benzene rings is 2. The fraction of sp³-hybridized carbons (Fsp3) is 0.238. The molecule has 1 aliphatic rings. The van der Waals surface area contributed by atoms with Crippen LogP contribution in [0.15, 0.2) is 60.8 Å². The minimum Gasteiger partial charge on any atom is -0.374 e. The van der Waals surface area contributed by atoms with Crippen molar-refractivity contribution in [2.45, 2.75) is 12.8 Å². The molecule has 0 atom stereocenters. The largest absolute Gasteiger partial charge is 0.374 e. The van der Waals surface area contributed by atoms with Gasteiger partial charge in [0.2, 0.25) is 5.91 Å². The summed E-state index contributed by atoms with van der Waals surface area (Å²) in [6.45, 7) is 2.44. The van der Waals surface area contributed by atoms with E-state index in [1.165, 1.54) is 18.5 Å². The summed E-state index contributed by atoms with van der Waals surface area (Å²) in [4.78, 5) is 19.0. The first-order chi connectivity index (χ1) is 12.8. The molecule has 26 heavy (non-hydrogen) atoms. The van der Waals surface area contributed by atoms with E-state index in [1.807, 2.05) is 42.5 Å². The number of nitrogens with one attached hydrogen (secondary N) is 2. The van der Waals surface area contributed by atoms with E-state index in [0.717, 1.165) is 35.4 Å². The maximum atomic E-state index is 12.3. The molecular formula is C21H22N4O. The summed E-state index contributed by atoms with van der Waals surface area (Å²) in [5.74, 6) is -0.0770. The molecule has 0 saturated carbocycles. The zero-order valence-electron chi connectivity index (χ0n) is 14.6. The van der Waals surface area contributed by atoms with E-state index < -0.39 is 0 Å². The lowest BCUT2D eigenvalue weighted by Gasteiger charge is -2.17. The van der Waals surface area contributed by atoms with Crippen LogP contribution in [0.1, 0.15) is 12.8 Å². The van der Waals surface area contributed by atoms with Crippen LogP contribution in [0.4, 0.5) is 17.1 Å². The Morgan fingerprint density at radius 3 is 2.58 bits per heavy atom. The lowest BCUT2D eigenvalue weighted by molar-refractivity contribution is -0.114. The van der Waals surface area contributed by atoms with Crippen LogP contribution in [0.5, 0.6) is 0 Å². The van der Waals surface area contributed by atoms with Crippen LogP contribution in [0.3, 0.4) is 0 Å². The van der Waals surface area contributed by atoms with Crippen molar-refractivity contribution in [2.24, 2.45) is 0 Å². The smallest absolute Gasteiger partial charge is 0.243 e. The van der Waals surface area contributed by atoms with Crippen molar-refractivity contribution in [2.75, 3.05) is 35.2 Å². The summed E-state index contributed by atoms with van der Waals surface area (Å²) in [6, 6.07) is 17.9. The summed E-state index contributed by atoms with van der Waals surface area (Å²) in [5.41, 5.74) is 3.77. The maximum absolute atomic E-state index is 12.3. The number of carbonyl (C=O) groups excluding carboxylic acids is 1. The van der Waals surface area contributed by atoms with E-state index in [9.17, 15) is 4.79 Å². The molecule has 1 aliphatic heterocycles. The molecule has 4 rings (SSSR count). The van der Waals surface area contributed by atoms with Gasteiger partial charge in [0.25, 0.3) is 0 Å². The number of hydrogen-bond acceptors (Lipinski definition) is 4. The van der Waals surface area contributed by atoms with Crippen molar-refractivity contribution in [3.05, 3.63) is 60.8 Å². The highest BCUT2D eigenvalue weighted by atomic mass is 16.1. The number of aromatic nitrogens is 1. The number of rotatable bonds is 5. The van der Waals surface area contributed by atoms with E-state index in [4.69, 9.17) is 0 Å².